The van der Waals surface area contributed by atoms with Gasteiger partial charge in [0.1, 0.15) is 5.82 Å². The number of β-amino-alcohol motifs (C(OH)–C–C–N with tert-alkyl or cyclic N) is 1. The molecule has 1 aliphatic heterocycles. The van der Waals surface area contributed by atoms with Crippen molar-refractivity contribution in [3.8, 4) is 0 Å². The summed E-state index contributed by atoms with van der Waals surface area (Å²) in [6, 6.07) is 14.4. The van der Waals surface area contributed by atoms with Gasteiger partial charge in [-0.3, -0.25) is 4.98 Å². The molecule has 0 atom stereocenters. The Morgan fingerprint density at radius 3 is 2.60 bits per heavy atom. The number of hydrogen-bond donors (Lipinski definition) is 1. The van der Waals surface area contributed by atoms with Crippen LogP contribution >= 0.6 is 0 Å². The molecule has 0 radical (unpaired) electrons. The van der Waals surface area contributed by atoms with Crippen molar-refractivity contribution in [2.75, 3.05) is 26.2 Å². The molecule has 3 aromatic rings. The zero-order valence-electron chi connectivity index (χ0n) is 14.4. The highest BCUT2D eigenvalue weighted by Crippen LogP contribution is 2.30. The molecule has 0 saturated carbocycles. The first-order valence-corrected chi connectivity index (χ1v) is 9.03. The third-order valence-corrected chi connectivity index (χ3v) is 5.10. The lowest BCUT2D eigenvalue weighted by molar-refractivity contribution is 0.162. The van der Waals surface area contributed by atoms with Crippen LogP contribution in [0.25, 0.3) is 11.0 Å². The first-order valence-electron chi connectivity index (χ1n) is 9.03. The predicted octanol–water partition coefficient (Wildman–Crippen LogP) is 2.65. The summed E-state index contributed by atoms with van der Waals surface area (Å²) in [6.45, 7) is 3.82. The topological polar surface area (TPSA) is 54.2 Å². The average molecular weight is 336 g/mol. The molecule has 4 rings (SSSR count). The second-order valence-electron chi connectivity index (χ2n) is 6.71. The minimum absolute atomic E-state index is 0.239. The van der Waals surface area contributed by atoms with Gasteiger partial charge in [0, 0.05) is 18.7 Å². The first kappa shape index (κ1) is 16.2. The number of aliphatic hydroxyl groups excluding tert-OH is 1. The van der Waals surface area contributed by atoms with E-state index in [1.165, 1.54) is 11.3 Å². The lowest BCUT2D eigenvalue weighted by atomic mass is 9.96. The van der Waals surface area contributed by atoms with Crippen molar-refractivity contribution in [3.05, 3.63) is 60.2 Å². The lowest BCUT2D eigenvalue weighted by Crippen LogP contribution is -2.35. The fourth-order valence-electron chi connectivity index (χ4n) is 3.78. The van der Waals surface area contributed by atoms with E-state index in [0.29, 0.717) is 5.92 Å². The summed E-state index contributed by atoms with van der Waals surface area (Å²) in [7, 11) is 0. The Morgan fingerprint density at radius 2 is 1.84 bits per heavy atom. The minimum Gasteiger partial charge on any atom is -0.395 e. The van der Waals surface area contributed by atoms with Gasteiger partial charge in [0.05, 0.1) is 29.9 Å². The molecule has 0 unspecified atom stereocenters. The zero-order valence-corrected chi connectivity index (χ0v) is 14.4. The maximum absolute atomic E-state index is 9.14. The summed E-state index contributed by atoms with van der Waals surface area (Å²) in [4.78, 5) is 11.8. The highest BCUT2D eigenvalue weighted by Gasteiger charge is 2.25. The summed E-state index contributed by atoms with van der Waals surface area (Å²) in [5.74, 6) is 1.64. The molecule has 1 saturated heterocycles. The summed E-state index contributed by atoms with van der Waals surface area (Å²) in [5.41, 5.74) is 3.30. The third kappa shape index (κ3) is 3.43. The Balaban J connectivity index is 1.65. The predicted molar refractivity (Wildman–Crippen MR) is 98.6 cm³/mol. The smallest absolute Gasteiger partial charge is 0.113 e. The van der Waals surface area contributed by atoms with Gasteiger partial charge in [0.15, 0.2) is 0 Å². The summed E-state index contributed by atoms with van der Waals surface area (Å²) in [5, 5.41) is 9.14. The van der Waals surface area contributed by atoms with Crippen molar-refractivity contribution in [2.45, 2.75) is 25.3 Å². The van der Waals surface area contributed by atoms with E-state index >= 15 is 0 Å². The van der Waals surface area contributed by atoms with Crippen molar-refractivity contribution in [3.63, 3.8) is 0 Å². The quantitative estimate of drug-likeness (QED) is 0.778. The fourth-order valence-corrected chi connectivity index (χ4v) is 3.78. The molecule has 5 heteroatoms. The van der Waals surface area contributed by atoms with E-state index in [1.54, 1.807) is 0 Å². The van der Waals surface area contributed by atoms with Crippen LogP contribution in [0.3, 0.4) is 0 Å². The van der Waals surface area contributed by atoms with E-state index < -0.39 is 0 Å². The number of fused-ring (bicyclic) bond motifs is 1. The summed E-state index contributed by atoms with van der Waals surface area (Å²) < 4.78 is 2.34. The van der Waals surface area contributed by atoms with Crippen LogP contribution < -0.4 is 0 Å². The van der Waals surface area contributed by atoms with E-state index in [9.17, 15) is 0 Å². The molecule has 3 heterocycles. The van der Waals surface area contributed by atoms with Crippen molar-refractivity contribution < 1.29 is 5.11 Å². The molecule has 5 nitrogen and oxygen atoms in total. The molecule has 0 bridgehead atoms. The molecule has 25 heavy (non-hydrogen) atoms. The Labute approximate surface area is 147 Å². The number of likely N-dealkylation sites (tertiary alicyclic amines) is 1. The van der Waals surface area contributed by atoms with Crippen LogP contribution in [0.4, 0.5) is 0 Å². The fraction of sp³-hybridized carbons (Fsp3) is 0.400. The maximum atomic E-state index is 9.14. The van der Waals surface area contributed by atoms with Gasteiger partial charge in [-0.25, -0.2) is 4.98 Å². The Bertz CT molecular complexity index is 822. The van der Waals surface area contributed by atoms with Crippen molar-refractivity contribution in [1.82, 2.24) is 19.4 Å². The summed E-state index contributed by atoms with van der Waals surface area (Å²) in [6.07, 6.45) is 4.03. The molecule has 130 valence electrons. The number of hydrogen-bond acceptors (Lipinski definition) is 4. The minimum atomic E-state index is 0.239. The molecular weight excluding hydrogens is 312 g/mol. The molecule has 1 aromatic carbocycles. The van der Waals surface area contributed by atoms with Gasteiger partial charge in [-0.1, -0.05) is 18.2 Å². The highest BCUT2D eigenvalue weighted by atomic mass is 16.3. The van der Waals surface area contributed by atoms with Crippen LogP contribution in [0, 0.1) is 0 Å². The number of aromatic nitrogens is 3. The van der Waals surface area contributed by atoms with E-state index in [-0.39, 0.29) is 6.61 Å². The Kier molecular flexibility index (Phi) is 4.76. The second-order valence-corrected chi connectivity index (χ2v) is 6.71. The van der Waals surface area contributed by atoms with Crippen LogP contribution in [0.5, 0.6) is 0 Å². The van der Waals surface area contributed by atoms with E-state index in [4.69, 9.17) is 10.1 Å². The number of benzene rings is 1. The number of aliphatic hydroxyl groups is 1. The molecule has 1 aliphatic rings. The number of piperidine rings is 1. The number of para-hydroxylation sites is 2. The van der Waals surface area contributed by atoms with Crippen LogP contribution in [0.1, 0.15) is 30.3 Å². The number of nitrogens with zero attached hydrogens (tertiary/aromatic N) is 4. The van der Waals surface area contributed by atoms with E-state index in [0.717, 1.165) is 50.2 Å². The van der Waals surface area contributed by atoms with Gasteiger partial charge in [0.25, 0.3) is 0 Å². The largest absolute Gasteiger partial charge is 0.395 e. The van der Waals surface area contributed by atoms with Gasteiger partial charge in [-0.2, -0.15) is 0 Å². The van der Waals surface area contributed by atoms with Crippen molar-refractivity contribution in [2.24, 2.45) is 0 Å². The normalized spacial score (nSPS) is 16.5. The SMILES string of the molecule is OCCN1CCC(c2nc3ccccc3n2Cc2ccccn2)CC1. The number of pyridine rings is 1. The second kappa shape index (κ2) is 7.33. The molecular formula is C20H24N4O. The van der Waals surface area contributed by atoms with Crippen molar-refractivity contribution in [1.29, 1.82) is 0 Å². The molecule has 1 N–H and O–H groups in total. The standard InChI is InChI=1S/C20H24N4O/c25-14-13-23-11-8-16(9-12-23)20-22-18-6-1-2-7-19(18)24(20)15-17-5-3-4-10-21-17/h1-7,10,16,25H,8-9,11-15H2. The van der Waals surface area contributed by atoms with Gasteiger partial charge < -0.3 is 14.6 Å². The number of rotatable bonds is 5. The maximum Gasteiger partial charge on any atom is 0.113 e. The molecule has 1 fully saturated rings. The third-order valence-electron chi connectivity index (χ3n) is 5.10. The van der Waals surface area contributed by atoms with Crippen LogP contribution in [-0.4, -0.2) is 50.8 Å². The Hall–Kier alpha value is -2.24. The monoisotopic (exact) mass is 336 g/mol. The Morgan fingerprint density at radius 1 is 1.04 bits per heavy atom. The van der Waals surface area contributed by atoms with Gasteiger partial charge in [0.2, 0.25) is 0 Å². The first-order chi connectivity index (χ1) is 12.3. The van der Waals surface area contributed by atoms with Crippen LogP contribution in [0.2, 0.25) is 0 Å². The lowest BCUT2D eigenvalue weighted by Gasteiger charge is -2.31. The van der Waals surface area contributed by atoms with E-state index in [1.807, 2.05) is 24.4 Å². The summed E-state index contributed by atoms with van der Waals surface area (Å²) >= 11 is 0. The highest BCUT2D eigenvalue weighted by molar-refractivity contribution is 5.76. The zero-order chi connectivity index (χ0) is 17.1. The van der Waals surface area contributed by atoms with Crippen molar-refractivity contribution >= 4 is 11.0 Å². The molecule has 0 aliphatic carbocycles. The van der Waals surface area contributed by atoms with Crippen LogP contribution in [-0.2, 0) is 6.54 Å². The van der Waals surface area contributed by atoms with Gasteiger partial charge >= 0.3 is 0 Å². The average Bonchev–Trinajstić information content (AvgIpc) is 3.02. The van der Waals surface area contributed by atoms with Gasteiger partial charge in [-0.05, 0) is 50.2 Å². The number of imidazole rings is 1. The molecule has 2 aromatic heterocycles. The molecule has 0 amide bonds. The van der Waals surface area contributed by atoms with Gasteiger partial charge in [-0.15, -0.1) is 0 Å². The molecule has 0 spiro atoms. The van der Waals surface area contributed by atoms with E-state index in [2.05, 4.69) is 38.7 Å². The van der Waals surface area contributed by atoms with Crippen LogP contribution in [0.15, 0.2) is 48.7 Å².